The Bertz CT molecular complexity index is 448. The lowest BCUT2D eigenvalue weighted by molar-refractivity contribution is -0.143. The minimum absolute atomic E-state index is 0.352. The molecule has 98 valence electrons. The zero-order valence-electron chi connectivity index (χ0n) is 10.6. The summed E-state index contributed by atoms with van der Waals surface area (Å²) in [6.07, 6.45) is 0.570. The van der Waals surface area contributed by atoms with Crippen LogP contribution in [0.1, 0.15) is 24.5 Å². The average Bonchev–Trinajstić information content (AvgIpc) is 2.29. The monoisotopic (exact) mass is 266 g/mol. The van der Waals surface area contributed by atoms with Crippen molar-refractivity contribution in [3.8, 4) is 0 Å². The number of thiocarbonyl (C=S) groups is 1. The van der Waals surface area contributed by atoms with Gasteiger partial charge in [0.2, 0.25) is 0 Å². The maximum absolute atomic E-state index is 11.1. The van der Waals surface area contributed by atoms with Crippen LogP contribution in [-0.4, -0.2) is 34.1 Å². The van der Waals surface area contributed by atoms with E-state index in [1.807, 2.05) is 31.2 Å². The van der Waals surface area contributed by atoms with Gasteiger partial charge < -0.3 is 10.8 Å². The van der Waals surface area contributed by atoms with E-state index < -0.39 is 12.0 Å². The van der Waals surface area contributed by atoms with Crippen molar-refractivity contribution in [3.05, 3.63) is 35.4 Å². The molecule has 0 aliphatic rings. The summed E-state index contributed by atoms with van der Waals surface area (Å²) in [5.41, 5.74) is 7.38. The Balaban J connectivity index is 2.81. The minimum atomic E-state index is -0.800. The van der Waals surface area contributed by atoms with Crippen molar-refractivity contribution in [2.45, 2.75) is 25.9 Å². The topological polar surface area (TPSA) is 66.6 Å². The van der Waals surface area contributed by atoms with Crippen LogP contribution in [0.3, 0.4) is 0 Å². The van der Waals surface area contributed by atoms with E-state index in [1.165, 1.54) is 0 Å². The number of carboxylic acids is 1. The first kappa shape index (κ1) is 14.6. The van der Waals surface area contributed by atoms with Gasteiger partial charge in [0, 0.05) is 12.1 Å². The standard InChI is InChI=1S/C13H18N2O2S/c1-3-11(13(16)17)15(2)8-9-5-4-6-10(7-9)12(14)18/h4-7,11H,3,8H2,1-2H3,(H2,14,18)(H,16,17). The van der Waals surface area contributed by atoms with Gasteiger partial charge in [-0.25, -0.2) is 0 Å². The molecule has 0 aliphatic carbocycles. The fourth-order valence-electron chi connectivity index (χ4n) is 1.90. The van der Waals surface area contributed by atoms with E-state index in [2.05, 4.69) is 0 Å². The Labute approximate surface area is 112 Å². The number of nitrogens with two attached hydrogens (primary N) is 1. The van der Waals surface area contributed by atoms with E-state index in [4.69, 9.17) is 23.1 Å². The molecule has 1 atom stereocenters. The second-order valence-corrected chi connectivity index (χ2v) is 4.68. The van der Waals surface area contributed by atoms with Gasteiger partial charge in [0.15, 0.2) is 0 Å². The number of carbonyl (C=O) groups is 1. The van der Waals surface area contributed by atoms with Gasteiger partial charge in [-0.05, 0) is 25.1 Å². The maximum Gasteiger partial charge on any atom is 0.320 e. The van der Waals surface area contributed by atoms with Gasteiger partial charge in [0.05, 0.1) is 0 Å². The number of benzene rings is 1. The number of nitrogens with zero attached hydrogens (tertiary/aromatic N) is 1. The second kappa shape index (κ2) is 6.47. The first-order chi connectivity index (χ1) is 8.45. The van der Waals surface area contributed by atoms with E-state index in [0.29, 0.717) is 18.0 Å². The summed E-state index contributed by atoms with van der Waals surface area (Å²) in [7, 11) is 1.80. The molecule has 18 heavy (non-hydrogen) atoms. The lowest BCUT2D eigenvalue weighted by atomic mass is 10.1. The molecule has 1 aromatic rings. The number of rotatable bonds is 6. The molecule has 0 fully saturated rings. The number of aliphatic carboxylic acids is 1. The van der Waals surface area contributed by atoms with Crippen LogP contribution in [0, 0.1) is 0 Å². The van der Waals surface area contributed by atoms with Crippen LogP contribution >= 0.6 is 12.2 Å². The number of carboxylic acid groups (broad SMARTS) is 1. The first-order valence-corrected chi connectivity index (χ1v) is 6.18. The fraction of sp³-hybridized carbons (Fsp3) is 0.385. The predicted octanol–water partition coefficient (Wildman–Crippen LogP) is 1.62. The van der Waals surface area contributed by atoms with Gasteiger partial charge in [-0.15, -0.1) is 0 Å². The molecule has 0 spiro atoms. The Hall–Kier alpha value is -1.46. The smallest absolute Gasteiger partial charge is 0.320 e. The lowest BCUT2D eigenvalue weighted by Crippen LogP contribution is -2.37. The van der Waals surface area contributed by atoms with Gasteiger partial charge >= 0.3 is 5.97 Å². The van der Waals surface area contributed by atoms with E-state index in [0.717, 1.165) is 11.1 Å². The summed E-state index contributed by atoms with van der Waals surface area (Å²) in [6, 6.07) is 7.08. The van der Waals surface area contributed by atoms with Crippen molar-refractivity contribution in [1.82, 2.24) is 4.90 Å². The zero-order chi connectivity index (χ0) is 13.7. The minimum Gasteiger partial charge on any atom is -0.480 e. The molecule has 0 heterocycles. The average molecular weight is 266 g/mol. The molecular weight excluding hydrogens is 248 g/mol. The van der Waals surface area contributed by atoms with E-state index in [9.17, 15) is 4.79 Å². The summed E-state index contributed by atoms with van der Waals surface area (Å²) in [5.74, 6) is -0.800. The first-order valence-electron chi connectivity index (χ1n) is 5.77. The quantitative estimate of drug-likeness (QED) is 0.766. The number of hydrogen-bond acceptors (Lipinski definition) is 3. The van der Waals surface area contributed by atoms with Crippen LogP contribution < -0.4 is 5.73 Å². The Kier molecular flexibility index (Phi) is 5.25. The van der Waals surface area contributed by atoms with Crippen molar-refractivity contribution in [3.63, 3.8) is 0 Å². The maximum atomic E-state index is 11.1. The third-order valence-corrected chi connectivity index (χ3v) is 3.08. The highest BCUT2D eigenvalue weighted by Crippen LogP contribution is 2.11. The van der Waals surface area contributed by atoms with Crippen LogP contribution in [0.2, 0.25) is 0 Å². The Morgan fingerprint density at radius 2 is 2.22 bits per heavy atom. The second-order valence-electron chi connectivity index (χ2n) is 4.24. The van der Waals surface area contributed by atoms with Gasteiger partial charge in [0.25, 0.3) is 0 Å². The highest BCUT2D eigenvalue weighted by atomic mass is 32.1. The van der Waals surface area contributed by atoms with E-state index in [1.54, 1.807) is 11.9 Å². The normalized spacial score (nSPS) is 12.4. The molecule has 0 radical (unpaired) electrons. The molecule has 1 rings (SSSR count). The van der Waals surface area contributed by atoms with Crippen molar-refractivity contribution >= 4 is 23.2 Å². The van der Waals surface area contributed by atoms with Gasteiger partial charge in [-0.3, -0.25) is 9.69 Å². The molecule has 4 nitrogen and oxygen atoms in total. The molecule has 5 heteroatoms. The molecule has 0 bridgehead atoms. The summed E-state index contributed by atoms with van der Waals surface area (Å²) >= 11 is 4.92. The van der Waals surface area contributed by atoms with Crippen LogP contribution in [-0.2, 0) is 11.3 Å². The SMILES string of the molecule is CCC(C(=O)O)N(C)Cc1cccc(C(N)=S)c1. The van der Waals surface area contributed by atoms with Crippen LogP contribution in [0.25, 0.3) is 0 Å². The molecule has 0 aliphatic heterocycles. The summed E-state index contributed by atoms with van der Waals surface area (Å²) < 4.78 is 0. The molecule has 3 N–H and O–H groups in total. The van der Waals surface area contributed by atoms with Gasteiger partial charge in [-0.1, -0.05) is 37.3 Å². The summed E-state index contributed by atoms with van der Waals surface area (Å²) in [4.78, 5) is 13.2. The summed E-state index contributed by atoms with van der Waals surface area (Å²) in [6.45, 7) is 2.42. The largest absolute Gasteiger partial charge is 0.480 e. The van der Waals surface area contributed by atoms with E-state index in [-0.39, 0.29) is 0 Å². The summed E-state index contributed by atoms with van der Waals surface area (Å²) in [5, 5.41) is 9.08. The molecule has 0 amide bonds. The third-order valence-electron chi connectivity index (χ3n) is 2.85. The van der Waals surface area contributed by atoms with Crippen LogP contribution in [0.5, 0.6) is 0 Å². The molecule has 0 aromatic heterocycles. The van der Waals surface area contributed by atoms with Crippen molar-refractivity contribution in [1.29, 1.82) is 0 Å². The lowest BCUT2D eigenvalue weighted by Gasteiger charge is -2.23. The molecule has 0 saturated carbocycles. The van der Waals surface area contributed by atoms with E-state index >= 15 is 0 Å². The number of hydrogen-bond donors (Lipinski definition) is 2. The van der Waals surface area contributed by atoms with Gasteiger partial charge in [-0.2, -0.15) is 0 Å². The number of likely N-dealkylation sites (N-methyl/N-ethyl adjacent to an activating group) is 1. The highest BCUT2D eigenvalue weighted by Gasteiger charge is 2.20. The highest BCUT2D eigenvalue weighted by molar-refractivity contribution is 7.80. The van der Waals surface area contributed by atoms with Gasteiger partial charge in [0.1, 0.15) is 11.0 Å². The van der Waals surface area contributed by atoms with Crippen LogP contribution in [0.15, 0.2) is 24.3 Å². The molecular formula is C13H18N2O2S. The van der Waals surface area contributed by atoms with Crippen molar-refractivity contribution < 1.29 is 9.90 Å². The third kappa shape index (κ3) is 3.78. The van der Waals surface area contributed by atoms with Crippen LogP contribution in [0.4, 0.5) is 0 Å². The van der Waals surface area contributed by atoms with Crippen molar-refractivity contribution in [2.75, 3.05) is 7.05 Å². The fourth-order valence-corrected chi connectivity index (χ4v) is 2.02. The Morgan fingerprint density at radius 3 is 2.72 bits per heavy atom. The molecule has 0 saturated heterocycles. The predicted molar refractivity (Wildman–Crippen MR) is 75.5 cm³/mol. The van der Waals surface area contributed by atoms with Crippen molar-refractivity contribution in [2.24, 2.45) is 5.73 Å². The zero-order valence-corrected chi connectivity index (χ0v) is 11.4. The molecule has 1 aromatic carbocycles. The Morgan fingerprint density at radius 1 is 1.56 bits per heavy atom. The molecule has 1 unspecified atom stereocenters.